The Morgan fingerprint density at radius 1 is 1.17 bits per heavy atom. The maximum Gasteiger partial charge on any atom is 0.123 e. The van der Waals surface area contributed by atoms with E-state index in [0.717, 1.165) is 17.6 Å². The summed E-state index contributed by atoms with van der Waals surface area (Å²) >= 11 is 0. The Bertz CT molecular complexity index is 570. The van der Waals surface area contributed by atoms with Gasteiger partial charge in [-0.1, -0.05) is 36.9 Å². The maximum atomic E-state index is 12.8. The summed E-state index contributed by atoms with van der Waals surface area (Å²) in [6.07, 6.45) is 0.747. The Hall–Kier alpha value is -1.46. The number of benzene rings is 2. The molecule has 0 saturated carbocycles. The molecule has 0 aromatic heterocycles. The van der Waals surface area contributed by atoms with Crippen molar-refractivity contribution in [3.8, 4) is 0 Å². The van der Waals surface area contributed by atoms with Crippen molar-refractivity contribution in [3.63, 3.8) is 0 Å². The van der Waals surface area contributed by atoms with Crippen LogP contribution in [0, 0.1) is 12.7 Å². The van der Waals surface area contributed by atoms with Gasteiger partial charge in [-0.3, -0.25) is 0 Å². The predicted octanol–water partition coefficient (Wildman–Crippen LogP) is 3.89. The van der Waals surface area contributed by atoms with Crippen LogP contribution in [0.5, 0.6) is 0 Å². The van der Waals surface area contributed by atoms with Gasteiger partial charge in [-0.25, -0.2) is 4.39 Å². The fourth-order valence-corrected chi connectivity index (χ4v) is 2.37. The van der Waals surface area contributed by atoms with E-state index in [4.69, 9.17) is 0 Å². The Morgan fingerprint density at radius 3 is 2.44 bits per heavy atom. The minimum Gasteiger partial charge on any atom is -0.207 e. The van der Waals surface area contributed by atoms with Gasteiger partial charge in [-0.05, 0) is 53.0 Å². The first-order valence-electron chi connectivity index (χ1n) is 5.85. The number of allylic oxidation sites excluding steroid dienone is 1. The van der Waals surface area contributed by atoms with E-state index in [1.165, 1.54) is 28.6 Å². The first-order valence-corrected chi connectivity index (χ1v) is 6.43. The molecule has 1 unspecified atom stereocenters. The van der Waals surface area contributed by atoms with Gasteiger partial charge in [-0.15, -0.1) is 9.24 Å². The lowest BCUT2D eigenvalue weighted by Gasteiger charge is -2.10. The molecule has 2 aromatic rings. The molecule has 2 rings (SSSR count). The van der Waals surface area contributed by atoms with E-state index < -0.39 is 0 Å². The van der Waals surface area contributed by atoms with Crippen molar-refractivity contribution in [1.29, 1.82) is 0 Å². The Kier molecular flexibility index (Phi) is 3.93. The van der Waals surface area contributed by atoms with Gasteiger partial charge in [0.25, 0.3) is 0 Å². The molecule has 0 aliphatic rings. The lowest BCUT2D eigenvalue weighted by molar-refractivity contribution is 0.627. The lowest BCUT2D eigenvalue weighted by Crippen LogP contribution is -1.97. The summed E-state index contributed by atoms with van der Waals surface area (Å²) in [7, 11) is 2.69. The van der Waals surface area contributed by atoms with Crippen LogP contribution in [0.25, 0.3) is 5.57 Å². The number of aryl methyl sites for hydroxylation is 1. The minimum atomic E-state index is -0.201. The molecule has 2 aromatic carbocycles. The van der Waals surface area contributed by atoms with Gasteiger partial charge in [-0.2, -0.15) is 0 Å². The van der Waals surface area contributed by atoms with Crippen molar-refractivity contribution in [2.24, 2.45) is 0 Å². The lowest BCUT2D eigenvalue weighted by atomic mass is 9.96. The molecule has 92 valence electrons. The first kappa shape index (κ1) is 13.0. The maximum absolute atomic E-state index is 12.8. The van der Waals surface area contributed by atoms with E-state index in [0.29, 0.717) is 0 Å². The summed E-state index contributed by atoms with van der Waals surface area (Å²) in [5.41, 5.74) is 4.53. The van der Waals surface area contributed by atoms with E-state index in [1.807, 2.05) is 0 Å². The number of rotatable bonds is 3. The predicted molar refractivity (Wildman–Crippen MR) is 79.7 cm³/mol. The summed E-state index contributed by atoms with van der Waals surface area (Å²) in [4.78, 5) is 0. The molecule has 0 amide bonds. The largest absolute Gasteiger partial charge is 0.207 e. The Morgan fingerprint density at radius 2 is 1.83 bits per heavy atom. The smallest absolute Gasteiger partial charge is 0.123 e. The summed E-state index contributed by atoms with van der Waals surface area (Å²) in [6.45, 7) is 6.21. The molecule has 0 nitrogen and oxygen atoms in total. The van der Waals surface area contributed by atoms with E-state index in [2.05, 4.69) is 40.9 Å². The van der Waals surface area contributed by atoms with E-state index in [9.17, 15) is 4.39 Å². The topological polar surface area (TPSA) is 0 Å². The second-order valence-corrected chi connectivity index (χ2v) is 5.15. The molecule has 1 atom stereocenters. The van der Waals surface area contributed by atoms with Crippen molar-refractivity contribution in [3.05, 3.63) is 71.6 Å². The molecule has 0 aliphatic heterocycles. The highest BCUT2D eigenvalue weighted by Gasteiger charge is 2.04. The van der Waals surface area contributed by atoms with E-state index >= 15 is 0 Å². The van der Waals surface area contributed by atoms with Gasteiger partial charge in [0.2, 0.25) is 0 Å². The fraction of sp³-hybridized carbons (Fsp3) is 0.125. The Balaban J connectivity index is 2.19. The van der Waals surface area contributed by atoms with Crippen LogP contribution < -0.4 is 5.30 Å². The molecule has 0 saturated heterocycles. The van der Waals surface area contributed by atoms with Crippen LogP contribution in [0.3, 0.4) is 0 Å². The van der Waals surface area contributed by atoms with E-state index in [1.54, 1.807) is 12.1 Å². The first-order chi connectivity index (χ1) is 8.56. The standard InChI is InChI=1S/C16H16FP/c1-11(9-13-3-5-14(17)6-4-13)16-8-7-15(18)10-12(16)2/h3-8,10H,1,9,18H2,2H3. The summed E-state index contributed by atoms with van der Waals surface area (Å²) in [6, 6.07) is 12.9. The van der Waals surface area contributed by atoms with Gasteiger partial charge in [0, 0.05) is 0 Å². The number of halogens is 1. The van der Waals surface area contributed by atoms with Crippen molar-refractivity contribution >= 4 is 20.1 Å². The molecule has 0 heterocycles. The summed E-state index contributed by atoms with van der Waals surface area (Å²) < 4.78 is 12.8. The highest BCUT2D eigenvalue weighted by Crippen LogP contribution is 2.21. The fourth-order valence-electron chi connectivity index (χ4n) is 2.03. The zero-order valence-corrected chi connectivity index (χ0v) is 11.6. The SMILES string of the molecule is C=C(Cc1ccc(F)cc1)c1ccc(P)cc1C. The minimum absolute atomic E-state index is 0.201. The van der Waals surface area contributed by atoms with Crippen LogP contribution in [-0.4, -0.2) is 0 Å². The normalized spacial score (nSPS) is 10.4. The zero-order chi connectivity index (χ0) is 13.1. The third-order valence-electron chi connectivity index (χ3n) is 2.96. The van der Waals surface area contributed by atoms with Crippen LogP contribution in [0.15, 0.2) is 49.0 Å². The second-order valence-electron chi connectivity index (χ2n) is 4.48. The van der Waals surface area contributed by atoms with Gasteiger partial charge in [0.1, 0.15) is 5.82 Å². The molecular formula is C16H16FP. The molecule has 0 fully saturated rings. The average molecular weight is 258 g/mol. The van der Waals surface area contributed by atoms with Crippen molar-refractivity contribution < 1.29 is 4.39 Å². The highest BCUT2D eigenvalue weighted by molar-refractivity contribution is 7.27. The molecule has 0 radical (unpaired) electrons. The van der Waals surface area contributed by atoms with Gasteiger partial charge in [0.05, 0.1) is 0 Å². The van der Waals surface area contributed by atoms with Gasteiger partial charge in [0.15, 0.2) is 0 Å². The van der Waals surface area contributed by atoms with Crippen LogP contribution in [-0.2, 0) is 6.42 Å². The molecule has 0 aliphatic carbocycles. The zero-order valence-electron chi connectivity index (χ0n) is 10.4. The molecule has 0 spiro atoms. The van der Waals surface area contributed by atoms with Crippen LogP contribution in [0.4, 0.5) is 4.39 Å². The third-order valence-corrected chi connectivity index (χ3v) is 3.32. The van der Waals surface area contributed by atoms with Gasteiger partial charge < -0.3 is 0 Å². The average Bonchev–Trinajstić information content (AvgIpc) is 2.32. The quantitative estimate of drug-likeness (QED) is 0.733. The van der Waals surface area contributed by atoms with E-state index in [-0.39, 0.29) is 5.82 Å². The second kappa shape index (κ2) is 5.46. The van der Waals surface area contributed by atoms with Crippen molar-refractivity contribution in [2.45, 2.75) is 13.3 Å². The van der Waals surface area contributed by atoms with Gasteiger partial charge >= 0.3 is 0 Å². The molecule has 0 bridgehead atoms. The van der Waals surface area contributed by atoms with Crippen LogP contribution in [0.2, 0.25) is 0 Å². The highest BCUT2D eigenvalue weighted by atomic mass is 31.0. The van der Waals surface area contributed by atoms with Crippen molar-refractivity contribution in [1.82, 2.24) is 0 Å². The molecule has 2 heteroatoms. The number of hydrogen-bond donors (Lipinski definition) is 0. The summed E-state index contributed by atoms with van der Waals surface area (Å²) in [5, 5.41) is 1.17. The Labute approximate surface area is 110 Å². The van der Waals surface area contributed by atoms with Crippen molar-refractivity contribution in [2.75, 3.05) is 0 Å². The monoisotopic (exact) mass is 258 g/mol. The van der Waals surface area contributed by atoms with Crippen LogP contribution >= 0.6 is 9.24 Å². The summed E-state index contributed by atoms with van der Waals surface area (Å²) in [5.74, 6) is -0.201. The number of hydrogen-bond acceptors (Lipinski definition) is 0. The molecular weight excluding hydrogens is 242 g/mol. The van der Waals surface area contributed by atoms with Crippen LogP contribution in [0.1, 0.15) is 16.7 Å². The molecule has 18 heavy (non-hydrogen) atoms. The molecule has 0 N–H and O–H groups in total. The third kappa shape index (κ3) is 3.05.